The molecule has 0 aliphatic carbocycles. The number of hydrogen-bond acceptors (Lipinski definition) is 5. The third-order valence-corrected chi connectivity index (χ3v) is 7.08. The smallest absolute Gasteiger partial charge is 0.267 e. The lowest BCUT2D eigenvalue weighted by atomic mass is 9.96. The van der Waals surface area contributed by atoms with E-state index in [1.165, 1.54) is 11.8 Å². The number of rotatable bonds is 5. The fourth-order valence-corrected chi connectivity index (χ4v) is 5.47. The highest BCUT2D eigenvalue weighted by molar-refractivity contribution is 7.99. The van der Waals surface area contributed by atoms with Crippen LogP contribution in [0.25, 0.3) is 15.9 Å². The fourth-order valence-electron chi connectivity index (χ4n) is 3.56. The van der Waals surface area contributed by atoms with Crippen LogP contribution in [0.1, 0.15) is 29.9 Å². The average Bonchev–Trinajstić information content (AvgIpc) is 3.04. The highest BCUT2D eigenvalue weighted by Gasteiger charge is 2.28. The van der Waals surface area contributed by atoms with Crippen LogP contribution in [0.15, 0.2) is 46.9 Å². The van der Waals surface area contributed by atoms with Crippen LogP contribution in [0.2, 0.25) is 0 Å². The summed E-state index contributed by atoms with van der Waals surface area (Å²) in [5.41, 5.74) is 3.12. The molecule has 1 aromatic carbocycles. The molecule has 4 rings (SSSR count). The molecular weight excluding hydrogens is 388 g/mol. The molecule has 1 atom stereocenters. The Morgan fingerprint density at radius 3 is 3.00 bits per heavy atom. The average molecular weight is 413 g/mol. The molecule has 1 aliphatic heterocycles. The molecule has 3 heterocycles. The Bertz CT molecular complexity index is 1100. The number of nitrogens with zero attached hydrogens (tertiary/aromatic N) is 2. The predicted octanol–water partition coefficient (Wildman–Crippen LogP) is 5.13. The highest BCUT2D eigenvalue weighted by Crippen LogP contribution is 2.36. The van der Waals surface area contributed by atoms with Gasteiger partial charge in [0.1, 0.15) is 4.83 Å². The highest BCUT2D eigenvalue weighted by atomic mass is 32.2. The number of hydrogen-bond donors (Lipinski definition) is 0. The van der Waals surface area contributed by atoms with E-state index >= 15 is 0 Å². The zero-order chi connectivity index (χ0) is 19.8. The van der Waals surface area contributed by atoms with Crippen molar-refractivity contribution in [3.63, 3.8) is 0 Å². The predicted molar refractivity (Wildman–Crippen MR) is 118 cm³/mol. The third-order valence-electron chi connectivity index (χ3n) is 5.05. The summed E-state index contributed by atoms with van der Waals surface area (Å²) in [5.74, 6) is 1.12. The maximum atomic E-state index is 13.7. The van der Waals surface area contributed by atoms with E-state index in [9.17, 15) is 4.79 Å². The van der Waals surface area contributed by atoms with Crippen LogP contribution in [0, 0.1) is 12.8 Å². The zero-order valence-corrected chi connectivity index (χ0v) is 18.0. The summed E-state index contributed by atoms with van der Waals surface area (Å²) in [6.45, 7) is 10.7. The van der Waals surface area contributed by atoms with Crippen molar-refractivity contribution in [2.75, 3.05) is 5.75 Å². The maximum Gasteiger partial charge on any atom is 0.267 e. The number of fused-ring (bicyclic) bond motifs is 3. The first-order valence-corrected chi connectivity index (χ1v) is 11.3. The molecule has 0 spiro atoms. The Balaban J connectivity index is 1.96. The van der Waals surface area contributed by atoms with Crippen LogP contribution in [0.5, 0.6) is 0 Å². The van der Waals surface area contributed by atoms with Crippen molar-refractivity contribution in [1.82, 2.24) is 9.55 Å². The molecule has 0 saturated carbocycles. The van der Waals surface area contributed by atoms with E-state index in [0.29, 0.717) is 23.4 Å². The molecule has 4 nitrogen and oxygen atoms in total. The SMILES string of the molecule is C=CCSc1nc2sc3c(c2c(=O)n1-c1cccc(C)c1)C[C@@H](C(C)C)OC3. The van der Waals surface area contributed by atoms with Gasteiger partial charge in [-0.05, 0) is 36.1 Å². The molecule has 6 heteroatoms. The Labute approximate surface area is 173 Å². The van der Waals surface area contributed by atoms with Gasteiger partial charge < -0.3 is 4.74 Å². The van der Waals surface area contributed by atoms with Gasteiger partial charge in [0, 0.05) is 17.1 Å². The number of aromatic nitrogens is 2. The largest absolute Gasteiger partial charge is 0.372 e. The Morgan fingerprint density at radius 1 is 1.46 bits per heavy atom. The summed E-state index contributed by atoms with van der Waals surface area (Å²) in [7, 11) is 0. The molecule has 3 aromatic rings. The van der Waals surface area contributed by atoms with Crippen molar-refractivity contribution in [3.05, 3.63) is 63.3 Å². The van der Waals surface area contributed by atoms with E-state index in [1.54, 1.807) is 15.9 Å². The van der Waals surface area contributed by atoms with Gasteiger partial charge in [-0.1, -0.05) is 43.8 Å². The number of aryl methyl sites for hydroxylation is 1. The Morgan fingerprint density at radius 2 is 2.29 bits per heavy atom. The van der Waals surface area contributed by atoms with Crippen LogP contribution >= 0.6 is 23.1 Å². The van der Waals surface area contributed by atoms with Crippen LogP contribution in [-0.4, -0.2) is 21.4 Å². The second-order valence-corrected chi connectivity index (χ2v) is 9.53. The van der Waals surface area contributed by atoms with Crippen LogP contribution in [-0.2, 0) is 17.8 Å². The standard InChI is InChI=1S/C22H24N2O2S2/c1-5-9-27-22-23-20-19(16-11-17(13(2)3)26-12-18(16)28-20)21(25)24(22)15-8-6-7-14(4)10-15/h5-8,10,13,17H,1,9,11-12H2,2-4H3/t17-/m0/s1. The van der Waals surface area contributed by atoms with Gasteiger partial charge in [0.15, 0.2) is 5.16 Å². The lowest BCUT2D eigenvalue weighted by molar-refractivity contribution is 0.00200. The Hall–Kier alpha value is -1.89. The monoisotopic (exact) mass is 412 g/mol. The van der Waals surface area contributed by atoms with Crippen LogP contribution in [0.3, 0.4) is 0 Å². The first-order chi connectivity index (χ1) is 13.5. The van der Waals surface area contributed by atoms with Gasteiger partial charge in [0.2, 0.25) is 0 Å². The van der Waals surface area contributed by atoms with Gasteiger partial charge in [-0.25, -0.2) is 4.98 Å². The first-order valence-electron chi connectivity index (χ1n) is 9.49. The number of thioether (sulfide) groups is 1. The summed E-state index contributed by atoms with van der Waals surface area (Å²) >= 11 is 3.13. The zero-order valence-electron chi connectivity index (χ0n) is 16.4. The van der Waals surface area contributed by atoms with E-state index in [0.717, 1.165) is 38.3 Å². The number of thiophene rings is 1. The molecule has 2 aromatic heterocycles. The van der Waals surface area contributed by atoms with Crippen LogP contribution in [0.4, 0.5) is 0 Å². The number of ether oxygens (including phenoxy) is 1. The van der Waals surface area contributed by atoms with Crippen molar-refractivity contribution in [2.45, 2.75) is 45.1 Å². The fraction of sp³-hybridized carbons (Fsp3) is 0.364. The van der Waals surface area contributed by atoms with E-state index in [2.05, 4.69) is 20.4 Å². The van der Waals surface area contributed by atoms with Gasteiger partial charge in [0.25, 0.3) is 5.56 Å². The van der Waals surface area contributed by atoms with Crippen molar-refractivity contribution in [3.8, 4) is 5.69 Å². The van der Waals surface area contributed by atoms with Crippen molar-refractivity contribution in [2.24, 2.45) is 5.92 Å². The third kappa shape index (κ3) is 3.45. The topological polar surface area (TPSA) is 44.1 Å². The minimum atomic E-state index is 0.0177. The molecule has 146 valence electrons. The second-order valence-electron chi connectivity index (χ2n) is 7.46. The molecule has 0 saturated heterocycles. The summed E-state index contributed by atoms with van der Waals surface area (Å²) in [4.78, 5) is 20.5. The summed E-state index contributed by atoms with van der Waals surface area (Å²) in [5, 5.41) is 1.47. The minimum Gasteiger partial charge on any atom is -0.372 e. The van der Waals surface area contributed by atoms with Gasteiger partial charge in [-0.3, -0.25) is 9.36 Å². The van der Waals surface area contributed by atoms with Gasteiger partial charge in [-0.15, -0.1) is 17.9 Å². The molecule has 0 N–H and O–H groups in total. The van der Waals surface area contributed by atoms with E-state index in [-0.39, 0.29) is 11.7 Å². The van der Waals surface area contributed by atoms with Gasteiger partial charge in [0.05, 0.1) is 23.8 Å². The second kappa shape index (κ2) is 7.85. The number of benzene rings is 1. The summed E-state index contributed by atoms with van der Waals surface area (Å²) in [6.07, 6.45) is 2.76. The minimum absolute atomic E-state index is 0.0177. The summed E-state index contributed by atoms with van der Waals surface area (Å²) in [6, 6.07) is 8.02. The van der Waals surface area contributed by atoms with Crippen molar-refractivity contribution in [1.29, 1.82) is 0 Å². The quantitative estimate of drug-likeness (QED) is 0.331. The lowest BCUT2D eigenvalue weighted by Crippen LogP contribution is -2.28. The first kappa shape index (κ1) is 19.4. The molecular formula is C22H24N2O2S2. The van der Waals surface area contributed by atoms with Crippen molar-refractivity contribution >= 4 is 33.3 Å². The molecule has 1 aliphatic rings. The van der Waals surface area contributed by atoms with Crippen LogP contribution < -0.4 is 5.56 Å². The van der Waals surface area contributed by atoms with E-state index in [4.69, 9.17) is 9.72 Å². The molecule has 0 radical (unpaired) electrons. The summed E-state index contributed by atoms with van der Waals surface area (Å²) < 4.78 is 7.78. The van der Waals surface area contributed by atoms with Crippen molar-refractivity contribution < 1.29 is 4.74 Å². The molecule has 0 bridgehead atoms. The van der Waals surface area contributed by atoms with Gasteiger partial charge >= 0.3 is 0 Å². The van der Waals surface area contributed by atoms with E-state index in [1.807, 2.05) is 37.3 Å². The lowest BCUT2D eigenvalue weighted by Gasteiger charge is -2.26. The normalized spacial score (nSPS) is 16.5. The molecule has 0 amide bonds. The Kier molecular flexibility index (Phi) is 5.45. The van der Waals surface area contributed by atoms with E-state index < -0.39 is 0 Å². The molecule has 0 fully saturated rings. The molecule has 28 heavy (non-hydrogen) atoms. The van der Waals surface area contributed by atoms with Gasteiger partial charge in [-0.2, -0.15) is 0 Å². The maximum absolute atomic E-state index is 13.7. The molecule has 0 unspecified atom stereocenters.